The molecule has 0 aromatic rings. The van der Waals surface area contributed by atoms with Gasteiger partial charge in [-0.2, -0.15) is 0 Å². The van der Waals surface area contributed by atoms with Gasteiger partial charge >= 0.3 is 0 Å². The maximum atomic E-state index is 11.1. The summed E-state index contributed by atoms with van der Waals surface area (Å²) in [7, 11) is 0. The zero-order valence-electron chi connectivity index (χ0n) is 19.5. The number of hydrogen-bond donors (Lipinski definition) is 1. The van der Waals surface area contributed by atoms with E-state index in [1.54, 1.807) is 0 Å². The first-order valence-electron chi connectivity index (χ1n) is 12.0. The summed E-state index contributed by atoms with van der Waals surface area (Å²) in [6.45, 7) is 10.5. The molecule has 0 saturated heterocycles. The monoisotopic (exact) mass is 384 g/mol. The van der Waals surface area contributed by atoms with Crippen LogP contribution in [0.3, 0.4) is 0 Å². The summed E-state index contributed by atoms with van der Waals surface area (Å²) in [5.41, 5.74) is 0. The first-order valence-corrected chi connectivity index (χ1v) is 12.0. The predicted octanol–water partition coefficient (Wildman–Crippen LogP) is 8.42. The van der Waals surface area contributed by atoms with Crippen LogP contribution in [0, 0.1) is 0 Å². The van der Waals surface area contributed by atoms with E-state index in [0.717, 1.165) is 19.3 Å². The highest BCUT2D eigenvalue weighted by atomic mass is 16.2. The highest BCUT2D eigenvalue weighted by Gasteiger charge is 1.97. The molecular weight excluding hydrogens is 332 g/mol. The van der Waals surface area contributed by atoms with Crippen molar-refractivity contribution in [2.24, 2.45) is 0 Å². The van der Waals surface area contributed by atoms with Gasteiger partial charge in [0.05, 0.1) is 0 Å². The van der Waals surface area contributed by atoms with Crippen LogP contribution in [0.5, 0.6) is 0 Å². The van der Waals surface area contributed by atoms with E-state index in [2.05, 4.69) is 19.1 Å². The number of ketones is 1. The largest absolute Gasteiger partial charge is 0.396 e. The molecule has 2 heteroatoms. The second-order valence-corrected chi connectivity index (χ2v) is 6.95. The number of aliphatic hydroxyl groups excluding tert-OH is 1. The van der Waals surface area contributed by atoms with Gasteiger partial charge in [-0.05, 0) is 38.5 Å². The van der Waals surface area contributed by atoms with E-state index in [1.807, 2.05) is 27.7 Å². The van der Waals surface area contributed by atoms with Gasteiger partial charge in [0.25, 0.3) is 0 Å². The third kappa shape index (κ3) is 36.9. The van der Waals surface area contributed by atoms with Crippen LogP contribution >= 0.6 is 0 Å². The molecule has 0 atom stereocenters. The van der Waals surface area contributed by atoms with Gasteiger partial charge in [0, 0.05) is 19.4 Å². The minimum Gasteiger partial charge on any atom is -0.396 e. The number of Topliss-reactive ketones (excluding diaryl/α,β-unsaturated/α-hetero) is 1. The van der Waals surface area contributed by atoms with E-state index in [9.17, 15) is 4.79 Å². The fourth-order valence-electron chi connectivity index (χ4n) is 2.57. The van der Waals surface area contributed by atoms with Crippen molar-refractivity contribution < 1.29 is 9.90 Å². The van der Waals surface area contributed by atoms with Crippen LogP contribution in [-0.4, -0.2) is 17.5 Å². The number of unbranched alkanes of at least 4 members (excludes halogenated alkanes) is 11. The smallest absolute Gasteiger partial charge is 0.132 e. The Morgan fingerprint density at radius 1 is 0.667 bits per heavy atom. The minimum absolute atomic E-state index is 0.319. The quantitative estimate of drug-likeness (QED) is 0.202. The van der Waals surface area contributed by atoms with Gasteiger partial charge in [0.1, 0.15) is 5.78 Å². The van der Waals surface area contributed by atoms with Crippen molar-refractivity contribution in [3.8, 4) is 0 Å². The van der Waals surface area contributed by atoms with Crippen LogP contribution in [0.2, 0.25) is 0 Å². The van der Waals surface area contributed by atoms with Crippen molar-refractivity contribution in [2.45, 2.75) is 137 Å². The Morgan fingerprint density at radius 3 is 1.48 bits per heavy atom. The summed E-state index contributed by atoms with van der Waals surface area (Å²) >= 11 is 0. The van der Waals surface area contributed by atoms with Crippen molar-refractivity contribution >= 4 is 5.78 Å². The molecule has 2 nitrogen and oxygen atoms in total. The van der Waals surface area contributed by atoms with Crippen LogP contribution in [0.1, 0.15) is 137 Å². The summed E-state index contributed by atoms with van der Waals surface area (Å²) in [4.78, 5) is 11.1. The Labute approximate surface area is 172 Å². The SMILES string of the molecule is CC.CCCCCCCC/C=C\CCCCCCCC(=O)CC.CCCO. The number of carbonyl (C=O) groups excluding carboxylic acids is 1. The zero-order chi connectivity index (χ0) is 21.0. The molecule has 0 aliphatic rings. The summed E-state index contributed by atoms with van der Waals surface area (Å²) in [6, 6.07) is 0. The van der Waals surface area contributed by atoms with E-state index in [1.165, 1.54) is 77.0 Å². The van der Waals surface area contributed by atoms with Crippen LogP contribution < -0.4 is 0 Å². The van der Waals surface area contributed by atoms with Crippen molar-refractivity contribution in [2.75, 3.05) is 6.61 Å². The molecule has 0 rings (SSSR count). The first-order chi connectivity index (χ1) is 13.2. The number of hydrogen-bond acceptors (Lipinski definition) is 2. The lowest BCUT2D eigenvalue weighted by Crippen LogP contribution is -1.93. The summed E-state index contributed by atoms with van der Waals surface area (Å²) < 4.78 is 0. The number of rotatable bonds is 17. The van der Waals surface area contributed by atoms with E-state index in [4.69, 9.17) is 5.11 Å². The van der Waals surface area contributed by atoms with Gasteiger partial charge in [-0.25, -0.2) is 0 Å². The van der Waals surface area contributed by atoms with Crippen LogP contribution in [0.4, 0.5) is 0 Å². The third-order valence-corrected chi connectivity index (χ3v) is 4.34. The van der Waals surface area contributed by atoms with Crippen molar-refractivity contribution in [3.05, 3.63) is 12.2 Å². The van der Waals surface area contributed by atoms with Gasteiger partial charge in [-0.15, -0.1) is 0 Å². The summed E-state index contributed by atoms with van der Waals surface area (Å²) in [6.07, 6.45) is 24.3. The molecule has 27 heavy (non-hydrogen) atoms. The van der Waals surface area contributed by atoms with Crippen LogP contribution in [-0.2, 0) is 4.79 Å². The predicted molar refractivity (Wildman–Crippen MR) is 123 cm³/mol. The molecule has 1 N–H and O–H groups in total. The van der Waals surface area contributed by atoms with E-state index in [-0.39, 0.29) is 0 Å². The number of aliphatic hydroxyl groups is 1. The molecule has 0 aliphatic carbocycles. The normalized spacial score (nSPS) is 10.1. The Hall–Kier alpha value is -0.630. The van der Waals surface area contributed by atoms with Gasteiger partial charge in [-0.1, -0.05) is 98.1 Å². The molecule has 0 spiro atoms. The van der Waals surface area contributed by atoms with Crippen molar-refractivity contribution in [1.29, 1.82) is 0 Å². The highest BCUT2D eigenvalue weighted by Crippen LogP contribution is 2.10. The lowest BCUT2D eigenvalue weighted by molar-refractivity contribution is -0.118. The number of carbonyl (C=O) groups is 1. The first kappa shape index (κ1) is 31.1. The van der Waals surface area contributed by atoms with Gasteiger partial charge in [0.15, 0.2) is 0 Å². The zero-order valence-corrected chi connectivity index (χ0v) is 19.5. The average molecular weight is 385 g/mol. The van der Waals surface area contributed by atoms with E-state index >= 15 is 0 Å². The van der Waals surface area contributed by atoms with Crippen molar-refractivity contribution in [1.82, 2.24) is 0 Å². The molecule has 0 fully saturated rings. The second kappa shape index (κ2) is 33.0. The minimum atomic E-state index is 0.319. The third-order valence-electron chi connectivity index (χ3n) is 4.34. The lowest BCUT2D eigenvalue weighted by Gasteiger charge is -2.00. The molecule has 164 valence electrons. The molecular formula is C25H52O2. The topological polar surface area (TPSA) is 37.3 Å². The van der Waals surface area contributed by atoms with Gasteiger partial charge in [0.2, 0.25) is 0 Å². The Morgan fingerprint density at radius 2 is 1.07 bits per heavy atom. The standard InChI is InChI=1S/C20H38O.C3H8O.C2H6/c1-3-5-6-7-8-9-10-11-12-13-14-15-16-17-18-19-20(21)4-2;1-2-3-4;1-2/h11-12H,3-10,13-19H2,1-2H3;4H,2-3H2,1H3;1-2H3/b12-11-;;. The summed E-state index contributed by atoms with van der Waals surface area (Å²) in [5, 5.41) is 7.88. The second-order valence-electron chi connectivity index (χ2n) is 6.95. The molecule has 0 aliphatic heterocycles. The van der Waals surface area contributed by atoms with Gasteiger partial charge < -0.3 is 5.11 Å². The van der Waals surface area contributed by atoms with Gasteiger partial charge in [-0.3, -0.25) is 4.79 Å². The lowest BCUT2D eigenvalue weighted by atomic mass is 10.1. The van der Waals surface area contributed by atoms with E-state index in [0.29, 0.717) is 18.8 Å². The Balaban J connectivity index is -0.000000841. The van der Waals surface area contributed by atoms with Crippen LogP contribution in [0.15, 0.2) is 12.2 Å². The molecule has 0 aromatic carbocycles. The molecule has 0 bridgehead atoms. The Bertz CT molecular complexity index is 269. The van der Waals surface area contributed by atoms with Crippen molar-refractivity contribution in [3.63, 3.8) is 0 Å². The maximum absolute atomic E-state index is 11.1. The highest BCUT2D eigenvalue weighted by molar-refractivity contribution is 5.77. The molecule has 0 heterocycles. The van der Waals surface area contributed by atoms with E-state index < -0.39 is 0 Å². The molecule has 0 radical (unpaired) electrons. The maximum Gasteiger partial charge on any atom is 0.132 e. The fraction of sp³-hybridized carbons (Fsp3) is 0.880. The Kier molecular flexibility index (Phi) is 38.0. The molecule has 0 unspecified atom stereocenters. The summed E-state index contributed by atoms with van der Waals surface area (Å²) in [5.74, 6) is 0.424. The molecule has 0 saturated carbocycles. The number of allylic oxidation sites excluding steroid dienone is 2. The average Bonchev–Trinajstić information content (AvgIpc) is 2.72. The van der Waals surface area contributed by atoms with Crippen LogP contribution in [0.25, 0.3) is 0 Å². The fourth-order valence-corrected chi connectivity index (χ4v) is 2.57. The molecule has 0 amide bonds. The molecule has 0 aromatic heterocycles.